The van der Waals surface area contributed by atoms with E-state index < -0.39 is 18.1 Å². The number of nitrogen functional groups attached to an aromatic ring is 1. The molecule has 3 nitrogen and oxygen atoms in total. The molecule has 1 fully saturated rings. The smallest absolute Gasteiger partial charge is 0.162 e. The van der Waals surface area contributed by atoms with Crippen LogP contribution in [0.3, 0.4) is 0 Å². The lowest BCUT2D eigenvalue weighted by atomic mass is 10.2. The van der Waals surface area contributed by atoms with Gasteiger partial charge in [0.15, 0.2) is 12.3 Å². The summed E-state index contributed by atoms with van der Waals surface area (Å²) in [5.41, 5.74) is 5.85. The molecular formula is C10H11F2NO2. The van der Waals surface area contributed by atoms with E-state index in [2.05, 4.69) is 0 Å². The maximum absolute atomic E-state index is 13.1. The predicted octanol–water partition coefficient (Wildman–Crippen LogP) is 1.52. The van der Waals surface area contributed by atoms with Crippen LogP contribution in [0.4, 0.5) is 14.5 Å². The van der Waals surface area contributed by atoms with Gasteiger partial charge >= 0.3 is 0 Å². The second-order valence-electron chi connectivity index (χ2n) is 3.39. The summed E-state index contributed by atoms with van der Waals surface area (Å²) < 4.78 is 36.1. The van der Waals surface area contributed by atoms with Crippen LogP contribution in [0.5, 0.6) is 5.75 Å². The van der Waals surface area contributed by atoms with Crippen molar-refractivity contribution < 1.29 is 18.3 Å². The molecule has 0 saturated carbocycles. The minimum atomic E-state index is -1.19. The average Bonchev–Trinajstić information content (AvgIpc) is 2.58. The minimum Gasteiger partial charge on any atom is -0.483 e. The molecule has 5 heteroatoms. The van der Waals surface area contributed by atoms with E-state index in [1.165, 1.54) is 12.1 Å². The maximum atomic E-state index is 13.1. The molecule has 0 aromatic heterocycles. The van der Waals surface area contributed by atoms with Crippen LogP contribution in [0, 0.1) is 5.82 Å². The average molecular weight is 215 g/mol. The van der Waals surface area contributed by atoms with E-state index in [-0.39, 0.29) is 24.7 Å². The lowest BCUT2D eigenvalue weighted by Gasteiger charge is -2.15. The molecule has 2 rings (SSSR count). The summed E-state index contributed by atoms with van der Waals surface area (Å²) in [6, 6.07) is 3.74. The van der Waals surface area contributed by atoms with E-state index in [4.69, 9.17) is 15.2 Å². The molecule has 1 aromatic carbocycles. The highest BCUT2D eigenvalue weighted by Crippen LogP contribution is 2.25. The quantitative estimate of drug-likeness (QED) is 0.761. The number of ether oxygens (including phenoxy) is 2. The van der Waals surface area contributed by atoms with Crippen molar-refractivity contribution in [2.75, 3.05) is 18.9 Å². The number of hydrogen-bond acceptors (Lipinski definition) is 3. The second kappa shape index (κ2) is 4.02. The molecule has 1 aliphatic rings. The van der Waals surface area contributed by atoms with Crippen molar-refractivity contribution in [2.45, 2.75) is 12.3 Å². The van der Waals surface area contributed by atoms with Gasteiger partial charge in [-0.25, -0.2) is 8.78 Å². The third-order valence-corrected chi connectivity index (χ3v) is 2.22. The largest absolute Gasteiger partial charge is 0.483 e. The molecule has 0 amide bonds. The molecule has 2 N–H and O–H groups in total. The number of anilines is 1. The molecule has 0 spiro atoms. The number of halogens is 2. The van der Waals surface area contributed by atoms with E-state index in [0.29, 0.717) is 0 Å². The standard InChI is InChI=1S/C10H11F2NO2/c11-6-1-2-8(13)9(3-6)15-10-5-14-4-7(10)12/h1-3,7,10H,4-5,13H2/t7-,10?/m1/s1. The van der Waals surface area contributed by atoms with Gasteiger partial charge in [-0.3, -0.25) is 0 Å². The molecule has 0 bridgehead atoms. The summed E-state index contributed by atoms with van der Waals surface area (Å²) in [7, 11) is 0. The fourth-order valence-electron chi connectivity index (χ4n) is 1.39. The summed E-state index contributed by atoms with van der Waals surface area (Å²) in [6.45, 7) is 0.178. The third-order valence-electron chi connectivity index (χ3n) is 2.22. The number of alkyl halides is 1. The van der Waals surface area contributed by atoms with Crippen molar-refractivity contribution in [1.82, 2.24) is 0 Å². The first-order valence-electron chi connectivity index (χ1n) is 4.60. The highest BCUT2D eigenvalue weighted by molar-refractivity contribution is 5.52. The highest BCUT2D eigenvalue weighted by Gasteiger charge is 2.30. The number of benzene rings is 1. The Balaban J connectivity index is 2.12. The van der Waals surface area contributed by atoms with Crippen LogP contribution in [-0.4, -0.2) is 25.5 Å². The fourth-order valence-corrected chi connectivity index (χ4v) is 1.39. The zero-order chi connectivity index (χ0) is 10.8. The summed E-state index contributed by atoms with van der Waals surface area (Å²) in [5, 5.41) is 0. The molecule has 0 radical (unpaired) electrons. The molecular weight excluding hydrogens is 204 g/mol. The van der Waals surface area contributed by atoms with E-state index >= 15 is 0 Å². The molecule has 15 heavy (non-hydrogen) atoms. The Bertz CT molecular complexity index is 359. The molecule has 1 aromatic rings. The lowest BCUT2D eigenvalue weighted by molar-refractivity contribution is 0.129. The first-order valence-corrected chi connectivity index (χ1v) is 4.60. The van der Waals surface area contributed by atoms with Gasteiger partial charge in [0.1, 0.15) is 11.6 Å². The van der Waals surface area contributed by atoms with Gasteiger partial charge in [-0.1, -0.05) is 0 Å². The Morgan fingerprint density at radius 1 is 1.40 bits per heavy atom. The monoisotopic (exact) mass is 215 g/mol. The zero-order valence-corrected chi connectivity index (χ0v) is 7.95. The van der Waals surface area contributed by atoms with E-state index in [9.17, 15) is 8.78 Å². The molecule has 1 unspecified atom stereocenters. The SMILES string of the molecule is Nc1ccc(F)cc1OC1COC[C@H]1F. The molecule has 1 aliphatic heterocycles. The Hall–Kier alpha value is -1.36. The van der Waals surface area contributed by atoms with Crippen LogP contribution in [0.2, 0.25) is 0 Å². The fraction of sp³-hybridized carbons (Fsp3) is 0.400. The Kier molecular flexibility index (Phi) is 2.73. The molecule has 82 valence electrons. The van der Waals surface area contributed by atoms with Gasteiger partial charge in [-0.15, -0.1) is 0 Å². The molecule has 2 atom stereocenters. The maximum Gasteiger partial charge on any atom is 0.162 e. The Labute approximate surface area is 85.8 Å². The van der Waals surface area contributed by atoms with Crippen LogP contribution in [0.25, 0.3) is 0 Å². The minimum absolute atomic E-state index is 0.0138. The van der Waals surface area contributed by atoms with E-state index in [1.807, 2.05) is 0 Å². The second-order valence-corrected chi connectivity index (χ2v) is 3.39. The van der Waals surface area contributed by atoms with Crippen molar-refractivity contribution in [2.24, 2.45) is 0 Å². The lowest BCUT2D eigenvalue weighted by Crippen LogP contribution is -2.26. The van der Waals surface area contributed by atoms with Crippen LogP contribution < -0.4 is 10.5 Å². The van der Waals surface area contributed by atoms with E-state index in [0.717, 1.165) is 6.07 Å². The van der Waals surface area contributed by atoms with Crippen LogP contribution in [-0.2, 0) is 4.74 Å². The van der Waals surface area contributed by atoms with Crippen LogP contribution in [0.15, 0.2) is 18.2 Å². The topological polar surface area (TPSA) is 44.5 Å². The molecule has 1 heterocycles. The zero-order valence-electron chi connectivity index (χ0n) is 7.95. The van der Waals surface area contributed by atoms with Gasteiger partial charge in [-0.05, 0) is 12.1 Å². The van der Waals surface area contributed by atoms with Crippen LogP contribution in [0.1, 0.15) is 0 Å². The summed E-state index contributed by atoms with van der Waals surface area (Å²) in [5.74, 6) is -0.304. The van der Waals surface area contributed by atoms with Crippen molar-refractivity contribution >= 4 is 5.69 Å². The first-order chi connectivity index (χ1) is 7.16. The number of rotatable bonds is 2. The number of hydrogen-bond donors (Lipinski definition) is 1. The van der Waals surface area contributed by atoms with Crippen molar-refractivity contribution in [1.29, 1.82) is 0 Å². The third kappa shape index (κ3) is 2.18. The van der Waals surface area contributed by atoms with Gasteiger partial charge in [-0.2, -0.15) is 0 Å². The van der Waals surface area contributed by atoms with Gasteiger partial charge < -0.3 is 15.2 Å². The molecule has 1 saturated heterocycles. The predicted molar refractivity (Wildman–Crippen MR) is 50.9 cm³/mol. The van der Waals surface area contributed by atoms with Crippen molar-refractivity contribution in [3.05, 3.63) is 24.0 Å². The summed E-state index contributed by atoms with van der Waals surface area (Å²) in [4.78, 5) is 0. The molecule has 0 aliphatic carbocycles. The Morgan fingerprint density at radius 3 is 2.87 bits per heavy atom. The van der Waals surface area contributed by atoms with Gasteiger partial charge in [0.2, 0.25) is 0 Å². The Morgan fingerprint density at radius 2 is 2.20 bits per heavy atom. The van der Waals surface area contributed by atoms with Crippen molar-refractivity contribution in [3.8, 4) is 5.75 Å². The van der Waals surface area contributed by atoms with Crippen LogP contribution >= 0.6 is 0 Å². The van der Waals surface area contributed by atoms with E-state index in [1.54, 1.807) is 0 Å². The first kappa shape index (κ1) is 10.2. The van der Waals surface area contributed by atoms with Gasteiger partial charge in [0, 0.05) is 6.07 Å². The highest BCUT2D eigenvalue weighted by atomic mass is 19.1. The summed E-state index contributed by atoms with van der Waals surface area (Å²) in [6.07, 6.45) is -1.89. The van der Waals surface area contributed by atoms with Crippen molar-refractivity contribution in [3.63, 3.8) is 0 Å². The number of nitrogens with two attached hydrogens (primary N) is 1. The normalized spacial score (nSPS) is 25.5. The summed E-state index contributed by atoms with van der Waals surface area (Å²) >= 11 is 0. The van der Waals surface area contributed by atoms with Gasteiger partial charge in [0.25, 0.3) is 0 Å². The van der Waals surface area contributed by atoms with Gasteiger partial charge in [0.05, 0.1) is 18.9 Å².